The van der Waals surface area contributed by atoms with E-state index in [2.05, 4.69) is 35.5 Å². The zero-order valence-corrected chi connectivity index (χ0v) is 16.4. The molecule has 2 aromatic rings. The van der Waals surface area contributed by atoms with Gasteiger partial charge in [0.25, 0.3) is 0 Å². The Morgan fingerprint density at radius 3 is 2.81 bits per heavy atom. The molecule has 1 fully saturated rings. The second kappa shape index (κ2) is 10.3. The Bertz CT molecular complexity index is 735. The molecular weight excluding hydrogens is 342 g/mol. The lowest BCUT2D eigenvalue weighted by atomic mass is 10.1. The van der Waals surface area contributed by atoms with E-state index in [0.29, 0.717) is 12.6 Å². The third-order valence-corrected chi connectivity index (χ3v) is 4.80. The molecule has 1 aliphatic rings. The van der Waals surface area contributed by atoms with Crippen LogP contribution in [0.25, 0.3) is 11.0 Å². The van der Waals surface area contributed by atoms with Crippen molar-refractivity contribution in [3.05, 3.63) is 35.6 Å². The summed E-state index contributed by atoms with van der Waals surface area (Å²) in [7, 11) is 0. The summed E-state index contributed by atoms with van der Waals surface area (Å²) in [6.07, 6.45) is 3.32. The van der Waals surface area contributed by atoms with Gasteiger partial charge in [0.05, 0.1) is 6.10 Å². The minimum atomic E-state index is 0.358. The Morgan fingerprint density at radius 1 is 1.22 bits per heavy atom. The van der Waals surface area contributed by atoms with Crippen LogP contribution in [0.5, 0.6) is 0 Å². The fourth-order valence-electron chi connectivity index (χ4n) is 3.24. The van der Waals surface area contributed by atoms with Gasteiger partial charge in [-0.15, -0.1) is 0 Å². The highest BCUT2D eigenvalue weighted by molar-refractivity contribution is 5.82. The van der Waals surface area contributed by atoms with Crippen molar-refractivity contribution in [3.63, 3.8) is 0 Å². The van der Waals surface area contributed by atoms with E-state index in [1.54, 1.807) is 0 Å². The first-order chi connectivity index (χ1) is 13.3. The molecular formula is C21H31N3O3. The maximum Gasteiger partial charge on any atom is 0.191 e. The number of guanidine groups is 1. The summed E-state index contributed by atoms with van der Waals surface area (Å²) in [6, 6.07) is 8.11. The molecule has 6 heteroatoms. The summed E-state index contributed by atoms with van der Waals surface area (Å²) in [5.41, 5.74) is 2.08. The molecule has 0 aliphatic carbocycles. The van der Waals surface area contributed by atoms with E-state index in [1.807, 2.05) is 18.2 Å². The summed E-state index contributed by atoms with van der Waals surface area (Å²) in [6.45, 7) is 8.73. The number of fused-ring (bicyclic) bond motifs is 1. The molecule has 1 aromatic heterocycles. The van der Waals surface area contributed by atoms with Crippen molar-refractivity contribution in [3.8, 4) is 0 Å². The number of hydrogen-bond acceptors (Lipinski definition) is 4. The number of rotatable bonds is 8. The Kier molecular flexibility index (Phi) is 7.54. The van der Waals surface area contributed by atoms with E-state index < -0.39 is 0 Å². The first-order valence-corrected chi connectivity index (χ1v) is 9.96. The molecule has 0 atom stereocenters. The molecule has 1 aromatic carbocycles. The molecule has 0 amide bonds. The highest BCUT2D eigenvalue weighted by atomic mass is 16.5. The average molecular weight is 373 g/mol. The zero-order valence-electron chi connectivity index (χ0n) is 16.4. The fourth-order valence-corrected chi connectivity index (χ4v) is 3.24. The maximum atomic E-state index is 5.94. The molecule has 3 rings (SSSR count). The van der Waals surface area contributed by atoms with Crippen LogP contribution in [0.15, 0.2) is 33.7 Å². The smallest absolute Gasteiger partial charge is 0.191 e. The van der Waals surface area contributed by atoms with E-state index in [1.165, 1.54) is 0 Å². The van der Waals surface area contributed by atoms with E-state index in [0.717, 1.165) is 80.4 Å². The van der Waals surface area contributed by atoms with Gasteiger partial charge in [-0.05, 0) is 39.2 Å². The van der Waals surface area contributed by atoms with Crippen molar-refractivity contribution in [1.29, 1.82) is 0 Å². The SMILES string of the molecule is CCNC(=NCc1oc2ccccc2c1C)NCCCOC1CCOCC1. The normalized spacial score (nSPS) is 16.0. The molecule has 0 unspecified atom stereocenters. The second-order valence-electron chi connectivity index (χ2n) is 6.80. The Balaban J connectivity index is 1.46. The Morgan fingerprint density at radius 2 is 2.04 bits per heavy atom. The number of aliphatic imine (C=N–C) groups is 1. The second-order valence-corrected chi connectivity index (χ2v) is 6.80. The van der Waals surface area contributed by atoms with Crippen LogP contribution in [0, 0.1) is 6.92 Å². The molecule has 6 nitrogen and oxygen atoms in total. The van der Waals surface area contributed by atoms with Crippen molar-refractivity contribution in [2.75, 3.05) is 32.9 Å². The number of nitrogens with one attached hydrogen (secondary N) is 2. The fraction of sp³-hybridized carbons (Fsp3) is 0.571. The van der Waals surface area contributed by atoms with Crippen LogP contribution >= 0.6 is 0 Å². The minimum absolute atomic E-state index is 0.358. The quantitative estimate of drug-likeness (QED) is 0.422. The van der Waals surface area contributed by atoms with E-state index in [4.69, 9.17) is 13.9 Å². The van der Waals surface area contributed by atoms with Gasteiger partial charge >= 0.3 is 0 Å². The highest BCUT2D eigenvalue weighted by Crippen LogP contribution is 2.25. The number of benzene rings is 1. The third kappa shape index (κ3) is 5.71. The first-order valence-electron chi connectivity index (χ1n) is 9.96. The van der Waals surface area contributed by atoms with Crippen molar-refractivity contribution in [2.45, 2.75) is 45.8 Å². The summed E-state index contributed by atoms with van der Waals surface area (Å²) in [5, 5.41) is 7.82. The van der Waals surface area contributed by atoms with Crippen LogP contribution in [-0.2, 0) is 16.0 Å². The van der Waals surface area contributed by atoms with E-state index in [-0.39, 0.29) is 0 Å². The number of nitrogens with zero attached hydrogens (tertiary/aromatic N) is 1. The summed E-state index contributed by atoms with van der Waals surface area (Å²) in [5.74, 6) is 1.72. The van der Waals surface area contributed by atoms with Crippen LogP contribution in [-0.4, -0.2) is 45.0 Å². The van der Waals surface area contributed by atoms with Crippen molar-refractivity contribution in [2.24, 2.45) is 4.99 Å². The largest absolute Gasteiger partial charge is 0.459 e. The van der Waals surface area contributed by atoms with Gasteiger partial charge in [0, 0.05) is 43.9 Å². The lowest BCUT2D eigenvalue weighted by molar-refractivity contribution is -0.0320. The summed E-state index contributed by atoms with van der Waals surface area (Å²) < 4.78 is 17.2. The lowest BCUT2D eigenvalue weighted by Crippen LogP contribution is -2.38. The highest BCUT2D eigenvalue weighted by Gasteiger charge is 2.13. The zero-order chi connectivity index (χ0) is 18.9. The molecule has 0 radical (unpaired) electrons. The van der Waals surface area contributed by atoms with Crippen LogP contribution in [0.1, 0.15) is 37.5 Å². The van der Waals surface area contributed by atoms with Gasteiger partial charge in [-0.25, -0.2) is 4.99 Å². The number of furan rings is 1. The molecule has 1 aliphatic heterocycles. The van der Waals surface area contributed by atoms with E-state index >= 15 is 0 Å². The molecule has 27 heavy (non-hydrogen) atoms. The average Bonchev–Trinajstić information content (AvgIpc) is 3.02. The molecule has 148 valence electrons. The standard InChI is InChI=1S/C21H31N3O3/c1-3-22-21(23-11-6-12-26-17-9-13-25-14-10-17)24-15-20-16(2)18-7-4-5-8-19(18)27-20/h4-5,7-8,17H,3,6,9-15H2,1-2H3,(H2,22,23,24). The van der Waals surface area contributed by atoms with Crippen LogP contribution in [0.3, 0.4) is 0 Å². The van der Waals surface area contributed by atoms with Crippen LogP contribution in [0.4, 0.5) is 0 Å². The van der Waals surface area contributed by atoms with E-state index in [9.17, 15) is 0 Å². The van der Waals surface area contributed by atoms with Gasteiger partial charge in [-0.3, -0.25) is 0 Å². The number of aryl methyl sites for hydroxylation is 1. The van der Waals surface area contributed by atoms with Gasteiger partial charge in [0.2, 0.25) is 0 Å². The van der Waals surface area contributed by atoms with Gasteiger partial charge < -0.3 is 24.5 Å². The number of hydrogen-bond donors (Lipinski definition) is 2. The molecule has 0 spiro atoms. The lowest BCUT2D eigenvalue weighted by Gasteiger charge is -2.22. The topological polar surface area (TPSA) is 68.0 Å². The van der Waals surface area contributed by atoms with Crippen LogP contribution in [0.2, 0.25) is 0 Å². The van der Waals surface area contributed by atoms with Crippen molar-refractivity contribution in [1.82, 2.24) is 10.6 Å². The van der Waals surface area contributed by atoms with Crippen LogP contribution < -0.4 is 10.6 Å². The summed E-state index contributed by atoms with van der Waals surface area (Å²) in [4.78, 5) is 4.67. The predicted octanol–water partition coefficient (Wildman–Crippen LogP) is 3.38. The van der Waals surface area contributed by atoms with Gasteiger partial charge in [0.1, 0.15) is 17.9 Å². The molecule has 1 saturated heterocycles. The number of ether oxygens (including phenoxy) is 2. The Labute approximate surface area is 161 Å². The molecule has 0 bridgehead atoms. The molecule has 0 saturated carbocycles. The van der Waals surface area contributed by atoms with Crippen molar-refractivity contribution >= 4 is 16.9 Å². The van der Waals surface area contributed by atoms with Gasteiger partial charge in [0.15, 0.2) is 5.96 Å². The Hall–Kier alpha value is -2.05. The summed E-state index contributed by atoms with van der Waals surface area (Å²) >= 11 is 0. The molecule has 2 N–H and O–H groups in total. The van der Waals surface area contributed by atoms with Gasteiger partial charge in [-0.1, -0.05) is 18.2 Å². The number of para-hydroxylation sites is 1. The third-order valence-electron chi connectivity index (χ3n) is 4.80. The first kappa shape index (κ1) is 19.7. The monoisotopic (exact) mass is 373 g/mol. The predicted molar refractivity (Wildman–Crippen MR) is 108 cm³/mol. The van der Waals surface area contributed by atoms with Gasteiger partial charge in [-0.2, -0.15) is 0 Å². The maximum absolute atomic E-state index is 5.94. The minimum Gasteiger partial charge on any atom is -0.459 e. The van der Waals surface area contributed by atoms with Crippen molar-refractivity contribution < 1.29 is 13.9 Å². The molecule has 2 heterocycles.